The highest BCUT2D eigenvalue weighted by Gasteiger charge is 2.19. The quantitative estimate of drug-likeness (QED) is 0.524. The molecule has 1 fully saturated rings. The molecule has 1 aliphatic rings. The van der Waals surface area contributed by atoms with Crippen LogP contribution in [0.2, 0.25) is 0 Å². The van der Waals surface area contributed by atoms with Crippen molar-refractivity contribution in [2.24, 2.45) is 0 Å². The third kappa shape index (κ3) is 6.04. The second-order valence-electron chi connectivity index (χ2n) is 8.33. The van der Waals surface area contributed by atoms with Gasteiger partial charge in [0.15, 0.2) is 0 Å². The van der Waals surface area contributed by atoms with Gasteiger partial charge < -0.3 is 14.7 Å². The highest BCUT2D eigenvalue weighted by atomic mass is 16.5. The molecule has 1 unspecified atom stereocenters. The first-order valence-corrected chi connectivity index (χ1v) is 11.3. The van der Waals surface area contributed by atoms with Gasteiger partial charge in [-0.3, -0.25) is 9.88 Å². The summed E-state index contributed by atoms with van der Waals surface area (Å²) >= 11 is 0. The third-order valence-corrected chi connectivity index (χ3v) is 5.96. The van der Waals surface area contributed by atoms with E-state index in [9.17, 15) is 5.11 Å². The molecular weight excluding hydrogens is 400 g/mol. The number of nitrogens with zero attached hydrogens (tertiary/aromatic N) is 4. The van der Waals surface area contributed by atoms with Crippen LogP contribution in [0.3, 0.4) is 0 Å². The normalized spacial score (nSPS) is 16.0. The molecule has 2 aromatic carbocycles. The van der Waals surface area contributed by atoms with Gasteiger partial charge in [-0.15, -0.1) is 0 Å². The van der Waals surface area contributed by atoms with Gasteiger partial charge in [0, 0.05) is 51.5 Å². The molecule has 6 heteroatoms. The Balaban J connectivity index is 1.25. The molecule has 0 spiro atoms. The van der Waals surface area contributed by atoms with E-state index in [0.29, 0.717) is 13.0 Å². The molecule has 0 aliphatic carbocycles. The number of aliphatic hydroxyl groups excluding tert-OH is 1. The number of nitriles is 1. The molecule has 3 aromatic rings. The van der Waals surface area contributed by atoms with Crippen LogP contribution >= 0.6 is 0 Å². The zero-order valence-electron chi connectivity index (χ0n) is 18.4. The second kappa shape index (κ2) is 11.1. The van der Waals surface area contributed by atoms with Crippen molar-refractivity contribution in [1.29, 1.82) is 5.26 Å². The maximum atomic E-state index is 10.5. The van der Waals surface area contributed by atoms with Crippen LogP contribution < -0.4 is 4.74 Å². The van der Waals surface area contributed by atoms with Crippen LogP contribution in [0.15, 0.2) is 60.9 Å². The minimum atomic E-state index is -0.523. The first-order chi connectivity index (χ1) is 15.7. The first kappa shape index (κ1) is 22.2. The fourth-order valence-corrected chi connectivity index (χ4v) is 4.16. The standard InChI is InChI=1S/C26H30N4O2/c27-9-1-2-12-29-13-15-30(16-14-29)19-25(31)20-32-26-6-5-23-17-22(3-4-24(23)18-26)21-7-10-28-11-8-21/h3-8,10-11,17-18,25,31H,1-2,12-16,19-20H2. The fraction of sp³-hybridized carbons (Fsp3) is 0.385. The summed E-state index contributed by atoms with van der Waals surface area (Å²) in [6.45, 7) is 5.76. The van der Waals surface area contributed by atoms with Gasteiger partial charge >= 0.3 is 0 Å². The van der Waals surface area contributed by atoms with Crippen molar-refractivity contribution in [3.05, 3.63) is 60.9 Å². The molecule has 1 aliphatic heterocycles. The molecule has 1 N–H and O–H groups in total. The van der Waals surface area contributed by atoms with Crippen LogP contribution in [0.4, 0.5) is 0 Å². The Bertz CT molecular complexity index is 1040. The summed E-state index contributed by atoms with van der Waals surface area (Å²) in [5, 5.41) is 21.4. The smallest absolute Gasteiger partial charge is 0.120 e. The molecule has 0 saturated carbocycles. The highest BCUT2D eigenvalue weighted by Crippen LogP contribution is 2.27. The second-order valence-corrected chi connectivity index (χ2v) is 8.33. The number of unbranched alkanes of at least 4 members (excludes halogenated alkanes) is 1. The van der Waals surface area contributed by atoms with Crippen molar-refractivity contribution < 1.29 is 9.84 Å². The van der Waals surface area contributed by atoms with E-state index in [4.69, 9.17) is 10.00 Å². The van der Waals surface area contributed by atoms with Gasteiger partial charge in [-0.25, -0.2) is 0 Å². The number of benzene rings is 2. The number of pyridine rings is 1. The van der Waals surface area contributed by atoms with E-state index in [2.05, 4.69) is 45.1 Å². The first-order valence-electron chi connectivity index (χ1n) is 11.3. The topological polar surface area (TPSA) is 72.6 Å². The molecule has 32 heavy (non-hydrogen) atoms. The number of aliphatic hydroxyl groups is 1. The average Bonchev–Trinajstić information content (AvgIpc) is 2.84. The summed E-state index contributed by atoms with van der Waals surface area (Å²) in [5.41, 5.74) is 2.31. The maximum Gasteiger partial charge on any atom is 0.120 e. The Morgan fingerprint density at radius 3 is 2.44 bits per heavy atom. The zero-order chi connectivity index (χ0) is 22.2. The minimum Gasteiger partial charge on any atom is -0.491 e. The summed E-state index contributed by atoms with van der Waals surface area (Å²) in [6.07, 6.45) is 4.64. The SMILES string of the molecule is N#CCCCN1CCN(CC(O)COc2ccc3cc(-c4ccncc4)ccc3c2)CC1. The van der Waals surface area contributed by atoms with Crippen molar-refractivity contribution in [3.63, 3.8) is 0 Å². The molecule has 1 saturated heterocycles. The Kier molecular flexibility index (Phi) is 7.68. The molecule has 1 atom stereocenters. The number of hydrogen-bond donors (Lipinski definition) is 1. The molecule has 0 amide bonds. The monoisotopic (exact) mass is 430 g/mol. The van der Waals surface area contributed by atoms with Gasteiger partial charge in [-0.2, -0.15) is 5.26 Å². The molecule has 2 heterocycles. The van der Waals surface area contributed by atoms with E-state index < -0.39 is 6.10 Å². The summed E-state index contributed by atoms with van der Waals surface area (Å²) in [7, 11) is 0. The van der Waals surface area contributed by atoms with Crippen molar-refractivity contribution in [2.45, 2.75) is 18.9 Å². The average molecular weight is 431 g/mol. The van der Waals surface area contributed by atoms with Gasteiger partial charge in [0.2, 0.25) is 0 Å². The van der Waals surface area contributed by atoms with E-state index in [1.165, 1.54) is 0 Å². The summed E-state index contributed by atoms with van der Waals surface area (Å²) in [4.78, 5) is 8.76. The minimum absolute atomic E-state index is 0.281. The van der Waals surface area contributed by atoms with E-state index >= 15 is 0 Å². The van der Waals surface area contributed by atoms with Crippen molar-refractivity contribution in [1.82, 2.24) is 14.8 Å². The van der Waals surface area contributed by atoms with E-state index in [-0.39, 0.29) is 6.61 Å². The number of ether oxygens (including phenoxy) is 1. The summed E-state index contributed by atoms with van der Waals surface area (Å²) in [6, 6.07) is 18.7. The summed E-state index contributed by atoms with van der Waals surface area (Å²) < 4.78 is 5.89. The molecular formula is C26H30N4O2. The Hall–Kier alpha value is -2.98. The molecule has 0 radical (unpaired) electrons. The molecule has 0 bridgehead atoms. The van der Waals surface area contributed by atoms with Crippen molar-refractivity contribution in [3.8, 4) is 22.9 Å². The number of β-amino-alcohol motifs (C(OH)–C–C–N with tert-alkyl or cyclic N) is 1. The fourth-order valence-electron chi connectivity index (χ4n) is 4.16. The van der Waals surface area contributed by atoms with Gasteiger partial charge in [0.05, 0.1) is 6.07 Å². The van der Waals surface area contributed by atoms with Crippen molar-refractivity contribution in [2.75, 3.05) is 45.9 Å². The predicted molar refractivity (Wildman–Crippen MR) is 126 cm³/mol. The number of aromatic nitrogens is 1. The zero-order valence-corrected chi connectivity index (χ0v) is 18.4. The van der Waals surface area contributed by atoms with Crippen LogP contribution in [0.1, 0.15) is 12.8 Å². The van der Waals surface area contributed by atoms with Crippen LogP contribution in [-0.4, -0.2) is 71.9 Å². The van der Waals surface area contributed by atoms with Gasteiger partial charge in [-0.05, 0) is 65.2 Å². The number of hydrogen-bond acceptors (Lipinski definition) is 6. The summed E-state index contributed by atoms with van der Waals surface area (Å²) in [5.74, 6) is 0.774. The van der Waals surface area contributed by atoms with E-state index in [1.54, 1.807) is 12.4 Å². The Morgan fingerprint density at radius 2 is 1.66 bits per heavy atom. The van der Waals surface area contributed by atoms with E-state index in [1.807, 2.05) is 24.3 Å². The Labute approximate surface area is 189 Å². The molecule has 166 valence electrons. The number of piperazine rings is 1. The van der Waals surface area contributed by atoms with E-state index in [0.717, 1.165) is 66.8 Å². The number of fused-ring (bicyclic) bond motifs is 1. The van der Waals surface area contributed by atoms with Crippen LogP contribution in [-0.2, 0) is 0 Å². The lowest BCUT2D eigenvalue weighted by Crippen LogP contribution is -2.49. The lowest BCUT2D eigenvalue weighted by molar-refractivity contribution is 0.0460. The van der Waals surface area contributed by atoms with Gasteiger partial charge in [0.25, 0.3) is 0 Å². The lowest BCUT2D eigenvalue weighted by atomic mass is 10.0. The predicted octanol–water partition coefficient (Wildman–Crippen LogP) is 3.56. The molecule has 6 nitrogen and oxygen atoms in total. The highest BCUT2D eigenvalue weighted by molar-refractivity contribution is 5.88. The Morgan fingerprint density at radius 1 is 0.938 bits per heavy atom. The number of rotatable bonds is 9. The lowest BCUT2D eigenvalue weighted by Gasteiger charge is -2.35. The van der Waals surface area contributed by atoms with Crippen LogP contribution in [0.5, 0.6) is 5.75 Å². The third-order valence-electron chi connectivity index (χ3n) is 5.96. The largest absolute Gasteiger partial charge is 0.491 e. The molecule has 4 rings (SSSR count). The van der Waals surface area contributed by atoms with Crippen LogP contribution in [0.25, 0.3) is 21.9 Å². The maximum absolute atomic E-state index is 10.5. The van der Waals surface area contributed by atoms with Crippen LogP contribution in [0, 0.1) is 11.3 Å². The molecule has 1 aromatic heterocycles. The van der Waals surface area contributed by atoms with Gasteiger partial charge in [0.1, 0.15) is 18.5 Å². The van der Waals surface area contributed by atoms with Crippen molar-refractivity contribution >= 4 is 10.8 Å². The van der Waals surface area contributed by atoms with Gasteiger partial charge in [-0.1, -0.05) is 18.2 Å².